The van der Waals surface area contributed by atoms with Crippen molar-refractivity contribution in [2.24, 2.45) is 0 Å². The molecule has 1 aliphatic heterocycles. The summed E-state index contributed by atoms with van der Waals surface area (Å²) in [6.45, 7) is 6.68. The number of nitrogens with zero attached hydrogens (tertiary/aromatic N) is 3. The van der Waals surface area contributed by atoms with E-state index in [1.165, 1.54) is 11.8 Å². The molecule has 1 aromatic heterocycles. The Hall–Kier alpha value is -2.47. The Morgan fingerprint density at radius 1 is 1.12 bits per heavy atom. The van der Waals surface area contributed by atoms with Gasteiger partial charge in [-0.15, -0.1) is 0 Å². The van der Waals surface area contributed by atoms with Gasteiger partial charge in [-0.05, 0) is 23.6 Å². The van der Waals surface area contributed by atoms with Crippen LogP contribution in [0.5, 0.6) is 0 Å². The third kappa shape index (κ3) is 3.89. The van der Waals surface area contributed by atoms with Gasteiger partial charge in [0.2, 0.25) is 0 Å². The van der Waals surface area contributed by atoms with E-state index in [9.17, 15) is 4.79 Å². The van der Waals surface area contributed by atoms with Crippen molar-refractivity contribution in [3.05, 3.63) is 47.9 Å². The number of hydrogen-bond donors (Lipinski definition) is 1. The van der Waals surface area contributed by atoms with Crippen LogP contribution >= 0.6 is 0 Å². The van der Waals surface area contributed by atoms with Crippen molar-refractivity contribution < 1.29 is 9.53 Å². The molecule has 2 heterocycles. The third-order valence-electron chi connectivity index (χ3n) is 4.02. The second-order valence-electron chi connectivity index (χ2n) is 6.09. The van der Waals surface area contributed by atoms with E-state index in [2.05, 4.69) is 41.3 Å². The van der Waals surface area contributed by atoms with Gasteiger partial charge in [-0.25, -0.2) is 9.97 Å². The molecule has 0 saturated carbocycles. The lowest BCUT2D eigenvalue weighted by Crippen LogP contribution is -2.41. The van der Waals surface area contributed by atoms with Gasteiger partial charge in [0.15, 0.2) is 0 Å². The largest absolute Gasteiger partial charge is 0.378 e. The first-order chi connectivity index (χ1) is 11.6. The van der Waals surface area contributed by atoms with Gasteiger partial charge in [-0.2, -0.15) is 0 Å². The van der Waals surface area contributed by atoms with Crippen LogP contribution in [0.25, 0.3) is 0 Å². The summed E-state index contributed by atoms with van der Waals surface area (Å²) in [5.41, 5.74) is 2.59. The molecule has 1 aliphatic rings. The van der Waals surface area contributed by atoms with Crippen molar-refractivity contribution in [3.63, 3.8) is 0 Å². The molecule has 24 heavy (non-hydrogen) atoms. The maximum atomic E-state index is 12.3. The number of morpholine rings is 1. The predicted molar refractivity (Wildman–Crippen MR) is 92.6 cm³/mol. The minimum Gasteiger partial charge on any atom is -0.378 e. The van der Waals surface area contributed by atoms with Gasteiger partial charge in [-0.3, -0.25) is 4.79 Å². The van der Waals surface area contributed by atoms with Crippen molar-refractivity contribution in [3.8, 4) is 0 Å². The summed E-state index contributed by atoms with van der Waals surface area (Å²) in [6.07, 6.45) is 3.10. The first kappa shape index (κ1) is 16.4. The van der Waals surface area contributed by atoms with Gasteiger partial charge < -0.3 is 15.0 Å². The number of benzene rings is 1. The quantitative estimate of drug-likeness (QED) is 0.936. The molecule has 126 valence electrons. The molecule has 1 amide bonds. The minimum absolute atomic E-state index is 0.0985. The highest BCUT2D eigenvalue weighted by Gasteiger charge is 2.19. The van der Waals surface area contributed by atoms with Crippen molar-refractivity contribution in [2.75, 3.05) is 31.6 Å². The van der Waals surface area contributed by atoms with E-state index in [1.54, 1.807) is 11.1 Å². The molecule has 1 saturated heterocycles. The Kier molecular flexibility index (Phi) is 5.05. The van der Waals surface area contributed by atoms with Gasteiger partial charge in [0, 0.05) is 18.8 Å². The number of anilines is 2. The molecule has 1 N–H and O–H groups in total. The number of nitrogens with one attached hydrogen (secondary N) is 1. The van der Waals surface area contributed by atoms with Gasteiger partial charge in [0.1, 0.15) is 11.5 Å². The van der Waals surface area contributed by atoms with Crippen LogP contribution in [0.2, 0.25) is 0 Å². The van der Waals surface area contributed by atoms with Crippen LogP contribution in [-0.2, 0) is 4.74 Å². The highest BCUT2D eigenvalue weighted by molar-refractivity contribution is 5.92. The third-order valence-corrected chi connectivity index (χ3v) is 4.02. The molecular formula is C18H22N4O2. The van der Waals surface area contributed by atoms with Gasteiger partial charge >= 0.3 is 0 Å². The lowest BCUT2D eigenvalue weighted by molar-refractivity contribution is 0.0298. The lowest BCUT2D eigenvalue weighted by Gasteiger charge is -2.26. The summed E-state index contributed by atoms with van der Waals surface area (Å²) >= 11 is 0. The molecule has 6 heteroatoms. The molecular weight excluding hydrogens is 304 g/mol. The molecule has 0 unspecified atom stereocenters. The van der Waals surface area contributed by atoms with Crippen LogP contribution in [0.3, 0.4) is 0 Å². The van der Waals surface area contributed by atoms with Gasteiger partial charge in [-0.1, -0.05) is 26.0 Å². The molecule has 0 atom stereocenters. The summed E-state index contributed by atoms with van der Waals surface area (Å²) in [4.78, 5) is 22.6. The normalized spacial score (nSPS) is 14.7. The number of rotatable bonds is 4. The summed E-state index contributed by atoms with van der Waals surface area (Å²) in [5.74, 6) is 1.02. The standard InChI is InChI=1S/C18H22N4O2/c1-13(2)14-3-5-15(6-4-14)21-17-12-19-16(11-20-17)18(23)22-7-9-24-10-8-22/h3-6,11-13H,7-10H2,1-2H3,(H,20,21). The molecule has 2 aromatic rings. The van der Waals surface area contributed by atoms with E-state index >= 15 is 0 Å². The van der Waals surface area contributed by atoms with Crippen LogP contribution in [0, 0.1) is 0 Å². The van der Waals surface area contributed by atoms with E-state index in [-0.39, 0.29) is 5.91 Å². The zero-order valence-corrected chi connectivity index (χ0v) is 14.0. The molecule has 6 nitrogen and oxygen atoms in total. The van der Waals surface area contributed by atoms with Crippen molar-refractivity contribution in [2.45, 2.75) is 19.8 Å². The maximum absolute atomic E-state index is 12.3. The number of amides is 1. The Morgan fingerprint density at radius 3 is 2.42 bits per heavy atom. The molecule has 0 aliphatic carbocycles. The molecule has 0 radical (unpaired) electrons. The van der Waals surface area contributed by atoms with E-state index in [4.69, 9.17) is 4.74 Å². The van der Waals surface area contributed by atoms with Crippen LogP contribution in [-0.4, -0.2) is 47.1 Å². The second-order valence-corrected chi connectivity index (χ2v) is 6.09. The van der Waals surface area contributed by atoms with Gasteiger partial charge in [0.05, 0.1) is 25.6 Å². The van der Waals surface area contributed by atoms with E-state index in [0.717, 1.165) is 5.69 Å². The summed E-state index contributed by atoms with van der Waals surface area (Å²) < 4.78 is 5.25. The average molecular weight is 326 g/mol. The highest BCUT2D eigenvalue weighted by Crippen LogP contribution is 2.19. The van der Waals surface area contributed by atoms with Crippen molar-refractivity contribution >= 4 is 17.4 Å². The van der Waals surface area contributed by atoms with Crippen LogP contribution in [0.15, 0.2) is 36.7 Å². The number of aromatic nitrogens is 2. The van der Waals surface area contributed by atoms with Crippen molar-refractivity contribution in [1.29, 1.82) is 0 Å². The first-order valence-electron chi connectivity index (χ1n) is 8.19. The van der Waals surface area contributed by atoms with Gasteiger partial charge in [0.25, 0.3) is 5.91 Å². The number of carbonyl (C=O) groups is 1. The highest BCUT2D eigenvalue weighted by atomic mass is 16.5. The van der Waals surface area contributed by atoms with Crippen LogP contribution in [0.4, 0.5) is 11.5 Å². The summed E-state index contributed by atoms with van der Waals surface area (Å²) in [6, 6.07) is 8.22. The fraction of sp³-hybridized carbons (Fsp3) is 0.389. The van der Waals surface area contributed by atoms with E-state index in [0.29, 0.717) is 43.7 Å². The Morgan fingerprint density at radius 2 is 1.83 bits per heavy atom. The van der Waals surface area contributed by atoms with E-state index in [1.807, 2.05) is 12.1 Å². The zero-order valence-electron chi connectivity index (χ0n) is 14.0. The molecule has 0 bridgehead atoms. The van der Waals surface area contributed by atoms with E-state index < -0.39 is 0 Å². The Bertz CT molecular complexity index is 677. The zero-order chi connectivity index (χ0) is 16.9. The molecule has 3 rings (SSSR count). The first-order valence-corrected chi connectivity index (χ1v) is 8.19. The smallest absolute Gasteiger partial charge is 0.274 e. The number of ether oxygens (including phenoxy) is 1. The molecule has 1 fully saturated rings. The second kappa shape index (κ2) is 7.40. The summed E-state index contributed by atoms with van der Waals surface area (Å²) in [5, 5.41) is 3.20. The molecule has 1 aromatic carbocycles. The Labute approximate surface area is 141 Å². The van der Waals surface area contributed by atoms with Crippen LogP contribution in [0.1, 0.15) is 35.8 Å². The summed E-state index contributed by atoms with van der Waals surface area (Å²) in [7, 11) is 0. The maximum Gasteiger partial charge on any atom is 0.274 e. The lowest BCUT2D eigenvalue weighted by atomic mass is 10.0. The minimum atomic E-state index is -0.0985. The van der Waals surface area contributed by atoms with Crippen LogP contribution < -0.4 is 5.32 Å². The number of carbonyl (C=O) groups excluding carboxylic acids is 1. The SMILES string of the molecule is CC(C)c1ccc(Nc2cnc(C(=O)N3CCOCC3)cn2)cc1. The Balaban J connectivity index is 1.64. The predicted octanol–water partition coefficient (Wildman–Crippen LogP) is 2.82. The average Bonchev–Trinajstić information content (AvgIpc) is 2.63. The van der Waals surface area contributed by atoms with Crippen molar-refractivity contribution in [1.82, 2.24) is 14.9 Å². The number of hydrogen-bond acceptors (Lipinski definition) is 5. The monoisotopic (exact) mass is 326 g/mol. The molecule has 0 spiro atoms. The fourth-order valence-corrected chi connectivity index (χ4v) is 2.53. The topological polar surface area (TPSA) is 67.4 Å². The fourth-order valence-electron chi connectivity index (χ4n) is 2.53.